The summed E-state index contributed by atoms with van der Waals surface area (Å²) in [6.45, 7) is 2.05. The van der Waals surface area contributed by atoms with Gasteiger partial charge in [-0.3, -0.25) is 19.5 Å². The minimum absolute atomic E-state index is 0.00735. The van der Waals surface area contributed by atoms with Crippen molar-refractivity contribution in [3.63, 3.8) is 0 Å². The van der Waals surface area contributed by atoms with Crippen LogP contribution in [0, 0.1) is 10.1 Å². The molecule has 0 saturated carbocycles. The summed E-state index contributed by atoms with van der Waals surface area (Å²) in [6.07, 6.45) is 0.829. The summed E-state index contributed by atoms with van der Waals surface area (Å²) >= 11 is 1.31. The number of rotatable bonds is 6. The maximum atomic E-state index is 13.3. The minimum Gasteiger partial charge on any atom is -0.495 e. The van der Waals surface area contributed by atoms with Gasteiger partial charge in [0.15, 0.2) is 5.16 Å². The van der Waals surface area contributed by atoms with Crippen molar-refractivity contribution >= 4 is 40.1 Å². The van der Waals surface area contributed by atoms with Crippen LogP contribution in [-0.2, 0) is 11.2 Å². The summed E-state index contributed by atoms with van der Waals surface area (Å²) in [4.78, 5) is 30.6. The fourth-order valence-corrected chi connectivity index (χ4v) is 5.33. The number of nitro groups is 1. The molecule has 9 heteroatoms. The molecule has 1 aromatic heterocycles. The van der Waals surface area contributed by atoms with Gasteiger partial charge in [0.25, 0.3) is 5.69 Å². The van der Waals surface area contributed by atoms with Crippen LogP contribution in [0.25, 0.3) is 16.7 Å². The predicted molar refractivity (Wildman–Crippen MR) is 132 cm³/mol. The average molecular weight is 475 g/mol. The van der Waals surface area contributed by atoms with E-state index in [1.165, 1.54) is 29.5 Å². The molecule has 0 aliphatic carbocycles. The molecule has 3 aromatic carbocycles. The first-order chi connectivity index (χ1) is 16.5. The fourth-order valence-electron chi connectivity index (χ4n) is 4.45. The van der Waals surface area contributed by atoms with E-state index in [2.05, 4.69) is 11.1 Å². The van der Waals surface area contributed by atoms with E-state index in [4.69, 9.17) is 4.74 Å². The van der Waals surface area contributed by atoms with Crippen molar-refractivity contribution in [2.24, 2.45) is 0 Å². The lowest BCUT2D eigenvalue weighted by Gasteiger charge is -2.22. The molecule has 0 N–H and O–H groups in total. The third kappa shape index (κ3) is 3.77. The molecular formula is C25H22N4O4S. The Morgan fingerprint density at radius 1 is 1.15 bits per heavy atom. The molecule has 0 bridgehead atoms. The average Bonchev–Trinajstić information content (AvgIpc) is 3.38. The second kappa shape index (κ2) is 8.83. The molecule has 34 heavy (non-hydrogen) atoms. The van der Waals surface area contributed by atoms with E-state index in [1.54, 1.807) is 13.2 Å². The van der Waals surface area contributed by atoms with Gasteiger partial charge in [-0.1, -0.05) is 42.1 Å². The summed E-state index contributed by atoms with van der Waals surface area (Å²) in [7, 11) is 1.59. The number of benzene rings is 3. The van der Waals surface area contributed by atoms with Crippen LogP contribution in [0.5, 0.6) is 5.75 Å². The minimum atomic E-state index is -0.440. The number of para-hydroxylation sites is 3. The van der Waals surface area contributed by atoms with Crippen LogP contribution >= 0.6 is 11.8 Å². The largest absolute Gasteiger partial charge is 0.495 e. The van der Waals surface area contributed by atoms with E-state index in [0.717, 1.165) is 17.8 Å². The fraction of sp³-hybridized carbons (Fsp3) is 0.200. The van der Waals surface area contributed by atoms with E-state index >= 15 is 0 Å². The number of anilines is 1. The van der Waals surface area contributed by atoms with Crippen molar-refractivity contribution < 1.29 is 14.5 Å². The van der Waals surface area contributed by atoms with Gasteiger partial charge < -0.3 is 9.64 Å². The van der Waals surface area contributed by atoms with E-state index in [-0.39, 0.29) is 23.4 Å². The molecule has 172 valence electrons. The van der Waals surface area contributed by atoms with Crippen LogP contribution in [-0.4, -0.2) is 39.3 Å². The number of fused-ring (bicyclic) bond motifs is 2. The molecule has 0 saturated heterocycles. The number of nitrogens with zero attached hydrogens (tertiary/aromatic N) is 4. The number of aromatic nitrogens is 2. The SMILES string of the molecule is COc1ccccc1-n1c(SCC(=O)N2c3ccccc3C[C@@H]2C)nc2cc([N+](=O)[O-])ccc21. The highest BCUT2D eigenvalue weighted by molar-refractivity contribution is 7.99. The number of carbonyl (C=O) groups is 1. The summed E-state index contributed by atoms with van der Waals surface area (Å²) in [5.74, 6) is 0.807. The lowest BCUT2D eigenvalue weighted by molar-refractivity contribution is -0.384. The first-order valence-electron chi connectivity index (χ1n) is 10.8. The lowest BCUT2D eigenvalue weighted by Crippen LogP contribution is -2.37. The standard InChI is InChI=1S/C25H22N4O4S/c1-16-13-17-7-3-4-8-20(17)27(16)24(30)15-34-25-26-19-14-18(29(31)32)11-12-21(19)28(25)22-9-5-6-10-23(22)33-2/h3-12,14,16H,13,15H2,1-2H3/t16-/m0/s1. The van der Waals surface area contributed by atoms with Crippen molar-refractivity contribution in [2.75, 3.05) is 17.8 Å². The molecule has 4 aromatic rings. The Morgan fingerprint density at radius 3 is 2.65 bits per heavy atom. The summed E-state index contributed by atoms with van der Waals surface area (Å²) in [5.41, 5.74) is 4.01. The Hall–Kier alpha value is -3.85. The van der Waals surface area contributed by atoms with Crippen molar-refractivity contribution in [3.8, 4) is 11.4 Å². The zero-order valence-corrected chi connectivity index (χ0v) is 19.5. The predicted octanol–water partition coefficient (Wildman–Crippen LogP) is 5.01. The normalized spacial score (nSPS) is 14.9. The van der Waals surface area contributed by atoms with E-state index < -0.39 is 4.92 Å². The van der Waals surface area contributed by atoms with Gasteiger partial charge in [-0.05, 0) is 43.2 Å². The number of nitro benzene ring substituents is 1. The molecule has 5 rings (SSSR count). The lowest BCUT2D eigenvalue weighted by atomic mass is 10.1. The molecule has 0 fully saturated rings. The van der Waals surface area contributed by atoms with Crippen LogP contribution < -0.4 is 9.64 Å². The molecule has 1 amide bonds. The number of ether oxygens (including phenoxy) is 1. The molecule has 1 aliphatic rings. The zero-order valence-electron chi connectivity index (χ0n) is 18.7. The molecule has 8 nitrogen and oxygen atoms in total. The highest BCUT2D eigenvalue weighted by Crippen LogP contribution is 2.36. The van der Waals surface area contributed by atoms with Gasteiger partial charge in [0.2, 0.25) is 5.91 Å². The highest BCUT2D eigenvalue weighted by Gasteiger charge is 2.31. The Balaban J connectivity index is 1.52. The molecular weight excluding hydrogens is 452 g/mol. The topological polar surface area (TPSA) is 90.5 Å². The third-order valence-electron chi connectivity index (χ3n) is 5.94. The number of carbonyl (C=O) groups excluding carboxylic acids is 1. The molecule has 1 atom stereocenters. The Morgan fingerprint density at radius 2 is 1.88 bits per heavy atom. The van der Waals surface area contributed by atoms with Gasteiger partial charge in [0.05, 0.1) is 34.5 Å². The first kappa shape index (κ1) is 22.0. The maximum absolute atomic E-state index is 13.3. The van der Waals surface area contributed by atoms with E-state index in [1.807, 2.05) is 58.9 Å². The third-order valence-corrected chi connectivity index (χ3v) is 6.87. The van der Waals surface area contributed by atoms with Crippen molar-refractivity contribution in [3.05, 3.63) is 82.4 Å². The van der Waals surface area contributed by atoms with Gasteiger partial charge >= 0.3 is 0 Å². The van der Waals surface area contributed by atoms with Crippen LogP contribution in [0.4, 0.5) is 11.4 Å². The Labute approximate surface area is 200 Å². The first-order valence-corrected chi connectivity index (χ1v) is 11.8. The molecule has 0 radical (unpaired) electrons. The maximum Gasteiger partial charge on any atom is 0.271 e. The van der Waals surface area contributed by atoms with Crippen LogP contribution in [0.1, 0.15) is 12.5 Å². The summed E-state index contributed by atoms with van der Waals surface area (Å²) in [5, 5.41) is 11.9. The van der Waals surface area contributed by atoms with Crippen molar-refractivity contribution in [2.45, 2.75) is 24.5 Å². The van der Waals surface area contributed by atoms with Gasteiger partial charge in [0, 0.05) is 23.9 Å². The number of amides is 1. The quantitative estimate of drug-likeness (QED) is 0.222. The number of methoxy groups -OCH3 is 1. The van der Waals surface area contributed by atoms with Crippen molar-refractivity contribution in [1.82, 2.24) is 9.55 Å². The number of imidazole rings is 1. The number of hydrogen-bond donors (Lipinski definition) is 0. The van der Waals surface area contributed by atoms with E-state index in [0.29, 0.717) is 21.9 Å². The van der Waals surface area contributed by atoms with Gasteiger partial charge in [0.1, 0.15) is 5.75 Å². The molecule has 0 spiro atoms. The summed E-state index contributed by atoms with van der Waals surface area (Å²) in [6, 6.07) is 20.1. The monoisotopic (exact) mass is 474 g/mol. The number of thioether (sulfide) groups is 1. The van der Waals surface area contributed by atoms with Gasteiger partial charge in [-0.2, -0.15) is 0 Å². The van der Waals surface area contributed by atoms with Crippen LogP contribution in [0.3, 0.4) is 0 Å². The summed E-state index contributed by atoms with van der Waals surface area (Å²) < 4.78 is 7.44. The smallest absolute Gasteiger partial charge is 0.271 e. The Bertz CT molecular complexity index is 1420. The van der Waals surface area contributed by atoms with Gasteiger partial charge in [-0.25, -0.2) is 4.98 Å². The second-order valence-corrected chi connectivity index (χ2v) is 9.01. The molecule has 1 aliphatic heterocycles. The molecule has 2 heterocycles. The van der Waals surface area contributed by atoms with Gasteiger partial charge in [-0.15, -0.1) is 0 Å². The van der Waals surface area contributed by atoms with Crippen LogP contribution in [0.15, 0.2) is 71.9 Å². The van der Waals surface area contributed by atoms with E-state index in [9.17, 15) is 14.9 Å². The second-order valence-electron chi connectivity index (χ2n) is 8.07. The number of hydrogen-bond acceptors (Lipinski definition) is 6. The zero-order chi connectivity index (χ0) is 23.8. The van der Waals surface area contributed by atoms with Crippen LogP contribution in [0.2, 0.25) is 0 Å². The molecule has 0 unspecified atom stereocenters. The number of non-ortho nitro benzene ring substituents is 1. The highest BCUT2D eigenvalue weighted by atomic mass is 32.2. The van der Waals surface area contributed by atoms with Crippen molar-refractivity contribution in [1.29, 1.82) is 0 Å². The Kier molecular flexibility index (Phi) is 5.70.